The molecule has 0 saturated carbocycles. The minimum absolute atomic E-state index is 0.0651. The lowest BCUT2D eigenvalue weighted by Gasteiger charge is -2.18. The van der Waals surface area contributed by atoms with Crippen LogP contribution in [0.5, 0.6) is 0 Å². The third-order valence-corrected chi connectivity index (χ3v) is 3.01. The molecule has 4 heteroatoms. The molecule has 1 aromatic rings. The molecule has 90 valence electrons. The maximum atomic E-state index is 13.3. The molecule has 0 spiro atoms. The summed E-state index contributed by atoms with van der Waals surface area (Å²) in [5.74, 6) is -0.236. The molecule has 0 heterocycles. The van der Waals surface area contributed by atoms with Crippen molar-refractivity contribution in [2.24, 2.45) is 0 Å². The van der Waals surface area contributed by atoms with Crippen LogP contribution in [0.25, 0.3) is 0 Å². The topological polar surface area (TPSA) is 32.3 Å². The number of nitrogens with one attached hydrogen (secondary N) is 1. The van der Waals surface area contributed by atoms with E-state index in [9.17, 15) is 4.39 Å². The Morgan fingerprint density at radius 3 is 2.62 bits per heavy atom. The summed E-state index contributed by atoms with van der Waals surface area (Å²) in [6.07, 6.45) is 0.745. The number of halogens is 2. The Kier molecular flexibility index (Phi) is 5.38. The molecule has 1 aromatic carbocycles. The number of hydrogen-bond donors (Lipinski definition) is 2. The van der Waals surface area contributed by atoms with Gasteiger partial charge in [-0.1, -0.05) is 6.07 Å². The van der Waals surface area contributed by atoms with Crippen LogP contribution in [0, 0.1) is 5.82 Å². The van der Waals surface area contributed by atoms with Gasteiger partial charge in [0.2, 0.25) is 0 Å². The Morgan fingerprint density at radius 2 is 2.06 bits per heavy atom. The molecule has 1 rings (SSSR count). The summed E-state index contributed by atoms with van der Waals surface area (Å²) in [6, 6.07) is 5.42. The smallest absolute Gasteiger partial charge is 0.137 e. The van der Waals surface area contributed by atoms with Gasteiger partial charge in [-0.3, -0.25) is 0 Å². The number of aliphatic hydroxyl groups is 1. The van der Waals surface area contributed by atoms with Gasteiger partial charge < -0.3 is 10.4 Å². The van der Waals surface area contributed by atoms with Gasteiger partial charge in [-0.2, -0.15) is 0 Å². The molecule has 2 nitrogen and oxygen atoms in total. The highest BCUT2D eigenvalue weighted by atomic mass is 79.9. The monoisotopic (exact) mass is 289 g/mol. The maximum Gasteiger partial charge on any atom is 0.137 e. The maximum absolute atomic E-state index is 13.3. The Hall–Kier alpha value is -0.450. The molecule has 0 aliphatic carbocycles. The summed E-state index contributed by atoms with van der Waals surface area (Å²) < 4.78 is 13.7. The molecule has 0 bridgehead atoms. The van der Waals surface area contributed by atoms with Crippen molar-refractivity contribution in [2.45, 2.75) is 32.4 Å². The molecule has 0 aliphatic rings. The average molecular weight is 290 g/mol. The highest BCUT2D eigenvalue weighted by Crippen LogP contribution is 2.17. The van der Waals surface area contributed by atoms with Crippen molar-refractivity contribution >= 4 is 15.9 Å². The predicted molar refractivity (Wildman–Crippen MR) is 66.9 cm³/mol. The Balaban J connectivity index is 2.56. The predicted octanol–water partition coefficient (Wildman–Crippen LogP) is 2.49. The second-order valence-corrected chi connectivity index (χ2v) is 4.96. The minimum atomic E-state index is -0.236. The van der Waals surface area contributed by atoms with Gasteiger partial charge >= 0.3 is 0 Å². The molecule has 0 radical (unpaired) electrons. The fourth-order valence-corrected chi connectivity index (χ4v) is 1.86. The SMILES string of the molecule is CC(CO)NC(C)Cc1ccc(Br)c(F)c1. The van der Waals surface area contributed by atoms with Crippen molar-refractivity contribution < 1.29 is 9.50 Å². The number of aliphatic hydroxyl groups excluding tert-OH is 1. The van der Waals surface area contributed by atoms with Crippen molar-refractivity contribution in [3.8, 4) is 0 Å². The molecule has 2 N–H and O–H groups in total. The Bertz CT molecular complexity index is 346. The number of benzene rings is 1. The molecular formula is C12H17BrFNO. The highest BCUT2D eigenvalue weighted by molar-refractivity contribution is 9.10. The molecule has 0 amide bonds. The fraction of sp³-hybridized carbons (Fsp3) is 0.500. The van der Waals surface area contributed by atoms with Crippen LogP contribution in [-0.4, -0.2) is 23.8 Å². The largest absolute Gasteiger partial charge is 0.395 e. The van der Waals surface area contributed by atoms with Crippen molar-refractivity contribution in [2.75, 3.05) is 6.61 Å². The van der Waals surface area contributed by atoms with E-state index in [-0.39, 0.29) is 24.5 Å². The van der Waals surface area contributed by atoms with E-state index in [1.54, 1.807) is 6.07 Å². The molecule has 16 heavy (non-hydrogen) atoms. The first-order valence-electron chi connectivity index (χ1n) is 5.33. The third-order valence-electron chi connectivity index (χ3n) is 2.37. The summed E-state index contributed by atoms with van der Waals surface area (Å²) in [5, 5.41) is 12.1. The van der Waals surface area contributed by atoms with Crippen molar-refractivity contribution in [3.63, 3.8) is 0 Å². The Morgan fingerprint density at radius 1 is 1.38 bits per heavy atom. The summed E-state index contributed by atoms with van der Waals surface area (Å²) in [6.45, 7) is 4.05. The second-order valence-electron chi connectivity index (χ2n) is 4.10. The van der Waals surface area contributed by atoms with E-state index in [0.29, 0.717) is 4.47 Å². The molecule has 0 aromatic heterocycles. The van der Waals surface area contributed by atoms with Crippen LogP contribution in [0.1, 0.15) is 19.4 Å². The Labute approximate surface area is 104 Å². The van der Waals surface area contributed by atoms with Crippen molar-refractivity contribution in [3.05, 3.63) is 34.1 Å². The van der Waals surface area contributed by atoms with Crippen molar-refractivity contribution in [1.29, 1.82) is 0 Å². The molecule has 0 saturated heterocycles. The second kappa shape index (κ2) is 6.33. The summed E-state index contributed by atoms with van der Waals surface area (Å²) >= 11 is 3.12. The van der Waals surface area contributed by atoms with Crippen LogP contribution in [0.3, 0.4) is 0 Å². The van der Waals surface area contributed by atoms with Crippen LogP contribution in [-0.2, 0) is 6.42 Å². The van der Waals surface area contributed by atoms with Gasteiger partial charge in [-0.25, -0.2) is 4.39 Å². The van der Waals surface area contributed by atoms with E-state index in [1.807, 2.05) is 19.9 Å². The first-order chi connectivity index (χ1) is 7.52. The van der Waals surface area contributed by atoms with Gasteiger partial charge in [0.25, 0.3) is 0 Å². The summed E-state index contributed by atoms with van der Waals surface area (Å²) in [4.78, 5) is 0. The molecule has 2 unspecified atom stereocenters. The fourth-order valence-electron chi connectivity index (χ4n) is 1.62. The zero-order valence-corrected chi connectivity index (χ0v) is 11.1. The van der Waals surface area contributed by atoms with Crippen molar-refractivity contribution in [1.82, 2.24) is 5.32 Å². The van der Waals surface area contributed by atoms with Gasteiger partial charge in [0.1, 0.15) is 5.82 Å². The van der Waals surface area contributed by atoms with E-state index in [0.717, 1.165) is 12.0 Å². The lowest BCUT2D eigenvalue weighted by Crippen LogP contribution is -2.37. The first kappa shape index (κ1) is 13.6. The van der Waals surface area contributed by atoms with Gasteiger partial charge in [-0.15, -0.1) is 0 Å². The van der Waals surface area contributed by atoms with E-state index >= 15 is 0 Å². The molecular weight excluding hydrogens is 273 g/mol. The van der Waals surface area contributed by atoms with Gasteiger partial charge in [0, 0.05) is 12.1 Å². The molecule has 0 aliphatic heterocycles. The van der Waals surface area contributed by atoms with E-state index in [2.05, 4.69) is 21.2 Å². The van der Waals surface area contributed by atoms with Gasteiger partial charge in [-0.05, 0) is 53.9 Å². The van der Waals surface area contributed by atoms with Gasteiger partial charge in [0.15, 0.2) is 0 Å². The zero-order valence-electron chi connectivity index (χ0n) is 9.50. The molecule has 0 fully saturated rings. The quantitative estimate of drug-likeness (QED) is 0.873. The van der Waals surface area contributed by atoms with Crippen LogP contribution in [0.15, 0.2) is 22.7 Å². The van der Waals surface area contributed by atoms with Crippen LogP contribution < -0.4 is 5.32 Å². The minimum Gasteiger partial charge on any atom is -0.395 e. The standard InChI is InChI=1S/C12H17BrFNO/c1-8(15-9(2)7-16)5-10-3-4-11(13)12(14)6-10/h3-4,6,8-9,15-16H,5,7H2,1-2H3. The lowest BCUT2D eigenvalue weighted by molar-refractivity contribution is 0.242. The molecule has 2 atom stereocenters. The average Bonchev–Trinajstić information content (AvgIpc) is 2.23. The van der Waals surface area contributed by atoms with Crippen LogP contribution >= 0.6 is 15.9 Å². The highest BCUT2D eigenvalue weighted by Gasteiger charge is 2.08. The number of rotatable bonds is 5. The summed E-state index contributed by atoms with van der Waals surface area (Å²) in [7, 11) is 0. The normalized spacial score (nSPS) is 14.8. The van der Waals surface area contributed by atoms with E-state index in [1.165, 1.54) is 6.07 Å². The van der Waals surface area contributed by atoms with Gasteiger partial charge in [0.05, 0.1) is 11.1 Å². The van der Waals surface area contributed by atoms with E-state index in [4.69, 9.17) is 5.11 Å². The summed E-state index contributed by atoms with van der Waals surface area (Å²) in [5.41, 5.74) is 0.950. The van der Waals surface area contributed by atoms with Crippen LogP contribution in [0.4, 0.5) is 4.39 Å². The zero-order chi connectivity index (χ0) is 12.1. The first-order valence-corrected chi connectivity index (χ1v) is 6.13. The number of hydrogen-bond acceptors (Lipinski definition) is 2. The van der Waals surface area contributed by atoms with Crippen LogP contribution in [0.2, 0.25) is 0 Å². The third kappa shape index (κ3) is 4.20. The lowest BCUT2D eigenvalue weighted by atomic mass is 10.1. The van der Waals surface area contributed by atoms with E-state index < -0.39 is 0 Å².